The van der Waals surface area contributed by atoms with Gasteiger partial charge in [0.2, 0.25) is 0 Å². The molecule has 0 unspecified atom stereocenters. The molecule has 4 heteroatoms. The van der Waals surface area contributed by atoms with E-state index in [4.69, 9.17) is 14.2 Å². The Kier molecular flexibility index (Phi) is 8.02. The Morgan fingerprint density at radius 2 is 1.81 bits per heavy atom. The minimum Gasteiger partial charge on any atom is -0.490 e. The van der Waals surface area contributed by atoms with Crippen molar-refractivity contribution < 1.29 is 19.0 Å². The molecule has 1 aromatic carbocycles. The van der Waals surface area contributed by atoms with Gasteiger partial charge in [-0.1, -0.05) is 19.4 Å². The molecule has 4 nitrogen and oxygen atoms in total. The van der Waals surface area contributed by atoms with Gasteiger partial charge >= 0.3 is 5.97 Å². The average molecular weight is 292 g/mol. The van der Waals surface area contributed by atoms with E-state index in [1.54, 1.807) is 6.08 Å². The van der Waals surface area contributed by atoms with E-state index in [0.29, 0.717) is 31.3 Å². The minimum atomic E-state index is -0.324. The maximum absolute atomic E-state index is 11.5. The van der Waals surface area contributed by atoms with Gasteiger partial charge in [0.05, 0.1) is 19.8 Å². The van der Waals surface area contributed by atoms with Crippen molar-refractivity contribution in [1.82, 2.24) is 0 Å². The Morgan fingerprint density at radius 1 is 1.10 bits per heavy atom. The van der Waals surface area contributed by atoms with Gasteiger partial charge in [0, 0.05) is 6.08 Å². The first-order chi connectivity index (χ1) is 10.2. The fourth-order valence-electron chi connectivity index (χ4n) is 1.70. The third-order valence-electron chi connectivity index (χ3n) is 2.72. The molecule has 0 N–H and O–H groups in total. The second-order valence-electron chi connectivity index (χ2n) is 4.43. The molecule has 0 fully saturated rings. The molecule has 21 heavy (non-hydrogen) atoms. The van der Waals surface area contributed by atoms with Crippen LogP contribution in [0, 0.1) is 0 Å². The number of hydrogen-bond donors (Lipinski definition) is 0. The zero-order valence-corrected chi connectivity index (χ0v) is 13.1. The summed E-state index contributed by atoms with van der Waals surface area (Å²) in [7, 11) is 0. The van der Waals surface area contributed by atoms with Crippen LogP contribution in [0.5, 0.6) is 11.5 Å². The van der Waals surface area contributed by atoms with Crippen molar-refractivity contribution >= 4 is 12.0 Å². The number of carbonyl (C=O) groups is 1. The van der Waals surface area contributed by atoms with Crippen molar-refractivity contribution in [2.75, 3.05) is 19.8 Å². The SMILES string of the molecule is CCCCOC(=O)C=Cc1ccc(OCC)c(OCC)c1. The predicted molar refractivity (Wildman–Crippen MR) is 83.7 cm³/mol. The third-order valence-corrected chi connectivity index (χ3v) is 2.72. The maximum Gasteiger partial charge on any atom is 0.330 e. The van der Waals surface area contributed by atoms with Crippen LogP contribution in [0.15, 0.2) is 24.3 Å². The van der Waals surface area contributed by atoms with E-state index >= 15 is 0 Å². The van der Waals surface area contributed by atoms with Crippen LogP contribution in [-0.2, 0) is 9.53 Å². The van der Waals surface area contributed by atoms with Crippen LogP contribution in [0.25, 0.3) is 6.08 Å². The van der Waals surface area contributed by atoms with Crippen molar-refractivity contribution in [3.05, 3.63) is 29.8 Å². The smallest absolute Gasteiger partial charge is 0.330 e. The Bertz CT molecular complexity index is 466. The third kappa shape index (κ3) is 6.34. The lowest BCUT2D eigenvalue weighted by Gasteiger charge is -2.11. The van der Waals surface area contributed by atoms with Crippen LogP contribution < -0.4 is 9.47 Å². The van der Waals surface area contributed by atoms with Gasteiger partial charge in [-0.25, -0.2) is 4.79 Å². The molecule has 0 saturated carbocycles. The normalized spacial score (nSPS) is 10.6. The van der Waals surface area contributed by atoms with Crippen molar-refractivity contribution in [3.63, 3.8) is 0 Å². The second-order valence-corrected chi connectivity index (χ2v) is 4.43. The molecule has 0 aliphatic carbocycles. The zero-order valence-electron chi connectivity index (χ0n) is 13.1. The summed E-state index contributed by atoms with van der Waals surface area (Å²) in [5, 5.41) is 0. The number of carbonyl (C=O) groups excluding carboxylic acids is 1. The maximum atomic E-state index is 11.5. The first kappa shape index (κ1) is 17.1. The molecule has 0 spiro atoms. The molecule has 0 aliphatic heterocycles. The van der Waals surface area contributed by atoms with Crippen molar-refractivity contribution in [2.24, 2.45) is 0 Å². The highest BCUT2D eigenvalue weighted by atomic mass is 16.5. The van der Waals surface area contributed by atoms with Gasteiger partial charge in [0.15, 0.2) is 11.5 Å². The molecular weight excluding hydrogens is 268 g/mol. The summed E-state index contributed by atoms with van der Waals surface area (Å²) < 4.78 is 16.1. The van der Waals surface area contributed by atoms with Crippen LogP contribution in [0.2, 0.25) is 0 Å². The summed E-state index contributed by atoms with van der Waals surface area (Å²) in [5.41, 5.74) is 0.870. The molecule has 0 saturated heterocycles. The standard InChI is InChI=1S/C17H24O4/c1-4-7-12-21-17(18)11-9-14-8-10-15(19-5-2)16(13-14)20-6-3/h8-11,13H,4-7,12H2,1-3H3. The molecule has 1 rings (SSSR count). The molecule has 0 aliphatic rings. The largest absolute Gasteiger partial charge is 0.490 e. The summed E-state index contributed by atoms with van der Waals surface area (Å²) in [5.74, 6) is 1.07. The molecule has 1 aromatic rings. The molecular formula is C17H24O4. The summed E-state index contributed by atoms with van der Waals surface area (Å²) in [6.45, 7) is 7.51. The van der Waals surface area contributed by atoms with Crippen molar-refractivity contribution in [3.8, 4) is 11.5 Å². The van der Waals surface area contributed by atoms with E-state index in [2.05, 4.69) is 6.92 Å². The van der Waals surface area contributed by atoms with Crippen LogP contribution in [0.3, 0.4) is 0 Å². The molecule has 0 amide bonds. The van der Waals surface area contributed by atoms with E-state index in [1.165, 1.54) is 6.08 Å². The van der Waals surface area contributed by atoms with Gasteiger partial charge in [-0.2, -0.15) is 0 Å². The summed E-state index contributed by atoms with van der Waals surface area (Å²) >= 11 is 0. The fourth-order valence-corrected chi connectivity index (χ4v) is 1.70. The van der Waals surface area contributed by atoms with Gasteiger partial charge in [0.1, 0.15) is 0 Å². The van der Waals surface area contributed by atoms with E-state index in [0.717, 1.165) is 18.4 Å². The van der Waals surface area contributed by atoms with Gasteiger partial charge in [-0.3, -0.25) is 0 Å². The van der Waals surface area contributed by atoms with Crippen molar-refractivity contribution in [1.29, 1.82) is 0 Å². The minimum absolute atomic E-state index is 0.324. The molecule has 0 radical (unpaired) electrons. The topological polar surface area (TPSA) is 44.8 Å². The predicted octanol–water partition coefficient (Wildman–Crippen LogP) is 3.84. The molecule has 0 heterocycles. The van der Waals surface area contributed by atoms with Crippen LogP contribution in [-0.4, -0.2) is 25.8 Å². The Hall–Kier alpha value is -1.97. The highest BCUT2D eigenvalue weighted by molar-refractivity contribution is 5.87. The van der Waals surface area contributed by atoms with Gasteiger partial charge < -0.3 is 14.2 Å². The number of benzene rings is 1. The number of unbranched alkanes of at least 4 members (excludes halogenated alkanes) is 1. The van der Waals surface area contributed by atoms with Gasteiger partial charge in [0.25, 0.3) is 0 Å². The fraction of sp³-hybridized carbons (Fsp3) is 0.471. The lowest BCUT2D eigenvalue weighted by molar-refractivity contribution is -0.137. The first-order valence-corrected chi connectivity index (χ1v) is 7.45. The van der Waals surface area contributed by atoms with Crippen LogP contribution >= 0.6 is 0 Å². The van der Waals surface area contributed by atoms with Gasteiger partial charge in [-0.05, 0) is 44.0 Å². The summed E-state index contributed by atoms with van der Waals surface area (Å²) in [6.07, 6.45) is 5.04. The number of rotatable bonds is 9. The van der Waals surface area contributed by atoms with Crippen LogP contribution in [0.1, 0.15) is 39.2 Å². The van der Waals surface area contributed by atoms with E-state index in [9.17, 15) is 4.79 Å². The van der Waals surface area contributed by atoms with Crippen LogP contribution in [0.4, 0.5) is 0 Å². The van der Waals surface area contributed by atoms with E-state index < -0.39 is 0 Å². The van der Waals surface area contributed by atoms with E-state index in [-0.39, 0.29) is 5.97 Å². The first-order valence-electron chi connectivity index (χ1n) is 7.45. The monoisotopic (exact) mass is 292 g/mol. The Balaban J connectivity index is 2.70. The Morgan fingerprint density at radius 3 is 2.48 bits per heavy atom. The zero-order chi connectivity index (χ0) is 15.5. The second kappa shape index (κ2) is 9.86. The molecule has 0 aromatic heterocycles. The molecule has 0 bridgehead atoms. The summed E-state index contributed by atoms with van der Waals surface area (Å²) in [4.78, 5) is 11.5. The van der Waals surface area contributed by atoms with Crippen molar-refractivity contribution in [2.45, 2.75) is 33.6 Å². The Labute approximate surface area is 126 Å². The molecule has 116 valence electrons. The number of hydrogen-bond acceptors (Lipinski definition) is 4. The highest BCUT2D eigenvalue weighted by Gasteiger charge is 2.05. The van der Waals surface area contributed by atoms with Gasteiger partial charge in [-0.15, -0.1) is 0 Å². The van der Waals surface area contributed by atoms with E-state index in [1.807, 2.05) is 32.0 Å². The average Bonchev–Trinajstić information content (AvgIpc) is 2.48. The lowest BCUT2D eigenvalue weighted by Crippen LogP contribution is -2.01. The number of esters is 1. The highest BCUT2D eigenvalue weighted by Crippen LogP contribution is 2.28. The molecule has 0 atom stereocenters. The number of ether oxygens (including phenoxy) is 3. The summed E-state index contributed by atoms with van der Waals surface area (Å²) in [6, 6.07) is 5.57. The quantitative estimate of drug-likeness (QED) is 0.394. The lowest BCUT2D eigenvalue weighted by atomic mass is 10.2.